The summed E-state index contributed by atoms with van der Waals surface area (Å²) in [5.74, 6) is -0.350. The van der Waals surface area contributed by atoms with E-state index < -0.39 is 29.6 Å². The summed E-state index contributed by atoms with van der Waals surface area (Å²) < 4.78 is 0. The highest BCUT2D eigenvalue weighted by atomic mass is 16.3. The minimum Gasteiger partial charge on any atom is -0.389 e. The number of aliphatic hydroxyl groups excluding tert-OH is 2. The number of hydrogen-bond donors (Lipinski definition) is 3. The molecule has 0 amide bonds. The fraction of sp³-hybridized carbons (Fsp3) is 0.909. The molecule has 2 aliphatic carbocycles. The summed E-state index contributed by atoms with van der Waals surface area (Å²) in [6.07, 6.45) is 8.88. The first-order valence-electron chi connectivity index (χ1n) is 11.0. The lowest BCUT2D eigenvalue weighted by atomic mass is 9.63. The molecule has 0 spiro atoms. The second-order valence-corrected chi connectivity index (χ2v) is 9.24. The maximum Gasteiger partial charge on any atom is 0.152 e. The molecule has 5 heteroatoms. The minimum atomic E-state index is -1.58. The van der Waals surface area contributed by atoms with E-state index in [1.54, 1.807) is 13.8 Å². The van der Waals surface area contributed by atoms with Gasteiger partial charge in [0.2, 0.25) is 0 Å². The van der Waals surface area contributed by atoms with Gasteiger partial charge in [-0.15, -0.1) is 0 Å². The van der Waals surface area contributed by atoms with Crippen molar-refractivity contribution < 1.29 is 19.8 Å². The van der Waals surface area contributed by atoms with Crippen molar-refractivity contribution in [2.75, 3.05) is 0 Å². The van der Waals surface area contributed by atoms with Gasteiger partial charge in [0.1, 0.15) is 17.8 Å². The van der Waals surface area contributed by atoms with Gasteiger partial charge in [-0.2, -0.15) is 0 Å². The number of hydrogen-bond acceptors (Lipinski definition) is 5. The normalized spacial score (nSPS) is 25.6. The van der Waals surface area contributed by atoms with Crippen LogP contribution in [0.25, 0.3) is 0 Å². The molecule has 2 saturated carbocycles. The minimum absolute atomic E-state index is 0.205. The lowest BCUT2D eigenvalue weighted by Crippen LogP contribution is -2.59. The van der Waals surface area contributed by atoms with Crippen LogP contribution in [0.3, 0.4) is 0 Å². The summed E-state index contributed by atoms with van der Waals surface area (Å²) in [5.41, 5.74) is 4.66. The van der Waals surface area contributed by atoms with Gasteiger partial charge in [0.25, 0.3) is 0 Å². The quantitative estimate of drug-likeness (QED) is 0.421. The molecule has 2 aliphatic rings. The smallest absolute Gasteiger partial charge is 0.152 e. The van der Waals surface area contributed by atoms with Crippen LogP contribution in [0.4, 0.5) is 0 Å². The third-order valence-electron chi connectivity index (χ3n) is 7.13. The van der Waals surface area contributed by atoms with E-state index in [1.807, 2.05) is 0 Å². The van der Waals surface area contributed by atoms with E-state index in [2.05, 4.69) is 0 Å². The SMILES string of the molecule is CC(C)[C@@](C=O)(C(=O)C1CCCCC1)[C@@H](O)[C@H](O)[C@@H](N)CC1CCCCC1. The predicted molar refractivity (Wildman–Crippen MR) is 106 cm³/mol. The number of aliphatic hydroxyl groups is 2. The van der Waals surface area contributed by atoms with Gasteiger partial charge < -0.3 is 20.7 Å². The van der Waals surface area contributed by atoms with Crippen molar-refractivity contribution in [3.05, 3.63) is 0 Å². The fourth-order valence-electron chi connectivity index (χ4n) is 5.22. The van der Waals surface area contributed by atoms with Crippen LogP contribution in [0.5, 0.6) is 0 Å². The molecule has 0 radical (unpaired) electrons. The van der Waals surface area contributed by atoms with Gasteiger partial charge in [0.15, 0.2) is 5.78 Å². The summed E-state index contributed by atoms with van der Waals surface area (Å²) in [7, 11) is 0. The Balaban J connectivity index is 2.15. The van der Waals surface area contributed by atoms with Crippen LogP contribution in [-0.2, 0) is 9.59 Å². The van der Waals surface area contributed by atoms with Crippen molar-refractivity contribution in [3.63, 3.8) is 0 Å². The Morgan fingerprint density at radius 3 is 2.04 bits per heavy atom. The Morgan fingerprint density at radius 1 is 1.04 bits per heavy atom. The van der Waals surface area contributed by atoms with Crippen molar-refractivity contribution in [3.8, 4) is 0 Å². The molecule has 0 unspecified atom stereocenters. The highest BCUT2D eigenvalue weighted by Crippen LogP contribution is 2.40. The summed E-state index contributed by atoms with van der Waals surface area (Å²) in [6.45, 7) is 3.55. The molecule has 2 rings (SSSR count). The van der Waals surface area contributed by atoms with E-state index in [9.17, 15) is 19.8 Å². The Bertz CT molecular complexity index is 483. The zero-order valence-corrected chi connectivity index (χ0v) is 17.1. The molecule has 2 fully saturated rings. The Hall–Kier alpha value is -0.780. The lowest BCUT2D eigenvalue weighted by molar-refractivity contribution is -0.159. The lowest BCUT2D eigenvalue weighted by Gasteiger charge is -2.42. The first kappa shape index (κ1) is 22.5. The second kappa shape index (κ2) is 10.1. The van der Waals surface area contributed by atoms with Crippen LogP contribution in [0, 0.1) is 23.2 Å². The maximum atomic E-state index is 13.3. The van der Waals surface area contributed by atoms with E-state index in [1.165, 1.54) is 19.3 Å². The maximum absolute atomic E-state index is 13.3. The van der Waals surface area contributed by atoms with E-state index in [0.717, 1.165) is 44.9 Å². The Labute approximate surface area is 164 Å². The fourth-order valence-corrected chi connectivity index (χ4v) is 5.22. The van der Waals surface area contributed by atoms with Crippen LogP contribution in [0.15, 0.2) is 0 Å². The number of carbonyl (C=O) groups is 2. The summed E-state index contributed by atoms with van der Waals surface area (Å²) in [5, 5.41) is 21.8. The largest absolute Gasteiger partial charge is 0.389 e. The molecular weight excluding hydrogens is 342 g/mol. The zero-order chi connectivity index (χ0) is 20.0. The molecule has 0 bridgehead atoms. The first-order chi connectivity index (χ1) is 12.8. The van der Waals surface area contributed by atoms with Gasteiger partial charge in [-0.25, -0.2) is 0 Å². The Morgan fingerprint density at radius 2 is 1.56 bits per heavy atom. The number of Topliss-reactive ketones (excluding diaryl/α,β-unsaturated/α-hetero) is 1. The van der Waals surface area contributed by atoms with Crippen LogP contribution in [0.2, 0.25) is 0 Å². The molecule has 0 saturated heterocycles. The number of ketones is 1. The summed E-state index contributed by atoms with van der Waals surface area (Å²) in [4.78, 5) is 25.5. The van der Waals surface area contributed by atoms with Crippen molar-refractivity contribution in [1.29, 1.82) is 0 Å². The van der Waals surface area contributed by atoms with Crippen LogP contribution in [-0.4, -0.2) is 40.5 Å². The van der Waals surface area contributed by atoms with Gasteiger partial charge in [0.05, 0.1) is 6.10 Å². The van der Waals surface area contributed by atoms with Gasteiger partial charge in [0, 0.05) is 12.0 Å². The van der Waals surface area contributed by atoms with E-state index >= 15 is 0 Å². The van der Waals surface area contributed by atoms with E-state index in [0.29, 0.717) is 18.6 Å². The molecular formula is C22H39NO4. The van der Waals surface area contributed by atoms with Crippen LogP contribution in [0.1, 0.15) is 84.5 Å². The van der Waals surface area contributed by atoms with Gasteiger partial charge >= 0.3 is 0 Å². The topological polar surface area (TPSA) is 101 Å². The summed E-state index contributed by atoms with van der Waals surface area (Å²) in [6, 6.07) is -0.625. The number of carbonyl (C=O) groups excluding carboxylic acids is 2. The highest BCUT2D eigenvalue weighted by molar-refractivity contribution is 6.00. The monoisotopic (exact) mass is 381 g/mol. The standard InChI is InChI=1S/C22H39NO4/c1-15(2)22(14-24,20(26)17-11-7-4-8-12-17)21(27)19(25)18(23)13-16-9-5-3-6-10-16/h14-19,21,25,27H,3-13,23H2,1-2H3/t18-,19+,21-,22-/m0/s1. The summed E-state index contributed by atoms with van der Waals surface area (Å²) >= 11 is 0. The molecule has 0 aromatic heterocycles. The number of nitrogens with two attached hydrogens (primary N) is 1. The van der Waals surface area contributed by atoms with Gasteiger partial charge in [-0.05, 0) is 31.1 Å². The number of aldehydes is 1. The highest BCUT2D eigenvalue weighted by Gasteiger charge is 2.53. The molecule has 0 aromatic rings. The molecule has 4 atom stereocenters. The third-order valence-corrected chi connectivity index (χ3v) is 7.13. The third kappa shape index (κ3) is 4.99. The predicted octanol–water partition coefficient (Wildman–Crippen LogP) is 3.00. The molecule has 0 heterocycles. The van der Waals surface area contributed by atoms with Gasteiger partial charge in [-0.3, -0.25) is 4.79 Å². The van der Waals surface area contributed by atoms with Crippen LogP contribution >= 0.6 is 0 Å². The molecule has 156 valence electrons. The van der Waals surface area contributed by atoms with Crippen molar-refractivity contribution in [2.24, 2.45) is 28.9 Å². The average molecular weight is 382 g/mol. The average Bonchev–Trinajstić information content (AvgIpc) is 2.69. The van der Waals surface area contributed by atoms with Gasteiger partial charge in [-0.1, -0.05) is 65.2 Å². The van der Waals surface area contributed by atoms with Crippen molar-refractivity contribution in [1.82, 2.24) is 0 Å². The molecule has 0 aromatic carbocycles. The molecule has 4 N–H and O–H groups in total. The Kier molecular flexibility index (Phi) is 8.44. The first-order valence-corrected chi connectivity index (χ1v) is 11.0. The van der Waals surface area contributed by atoms with E-state index in [4.69, 9.17) is 5.73 Å². The molecule has 5 nitrogen and oxygen atoms in total. The van der Waals surface area contributed by atoms with E-state index in [-0.39, 0.29) is 11.7 Å². The zero-order valence-electron chi connectivity index (χ0n) is 17.1. The van der Waals surface area contributed by atoms with Crippen molar-refractivity contribution >= 4 is 12.1 Å². The molecule has 0 aliphatic heterocycles. The number of rotatable bonds is 9. The van der Waals surface area contributed by atoms with Crippen LogP contribution < -0.4 is 5.73 Å². The second-order valence-electron chi connectivity index (χ2n) is 9.24. The van der Waals surface area contributed by atoms with Crippen molar-refractivity contribution in [2.45, 2.75) is 103 Å². The molecule has 27 heavy (non-hydrogen) atoms.